The van der Waals surface area contributed by atoms with Crippen LogP contribution in [0.1, 0.15) is 11.1 Å². The first kappa shape index (κ1) is 16.0. The van der Waals surface area contributed by atoms with E-state index in [0.29, 0.717) is 0 Å². The summed E-state index contributed by atoms with van der Waals surface area (Å²) in [5.41, 5.74) is 4.62. The van der Waals surface area contributed by atoms with E-state index in [1.54, 1.807) is 0 Å². The van der Waals surface area contributed by atoms with Crippen molar-refractivity contribution >= 4 is 28.0 Å². The van der Waals surface area contributed by atoms with Gasteiger partial charge in [0.05, 0.1) is 4.86 Å². The molecule has 0 saturated heterocycles. The first-order chi connectivity index (χ1) is 11.2. The van der Waals surface area contributed by atoms with Gasteiger partial charge in [0, 0.05) is 16.5 Å². The second kappa shape index (κ2) is 7.12. The average Bonchev–Trinajstić information content (AvgIpc) is 2.62. The van der Waals surface area contributed by atoms with Crippen molar-refractivity contribution in [2.24, 2.45) is 0 Å². The third-order valence-electron chi connectivity index (χ3n) is 3.84. The first-order valence-corrected chi connectivity index (χ1v) is 9.98. The highest BCUT2D eigenvalue weighted by molar-refractivity contribution is 7.95. The van der Waals surface area contributed by atoms with Crippen LogP contribution >= 0.6 is 12.2 Å². The topological polar surface area (TPSA) is 0 Å². The van der Waals surface area contributed by atoms with Crippen molar-refractivity contribution in [2.45, 2.75) is 4.90 Å². The summed E-state index contributed by atoms with van der Waals surface area (Å²) in [5.74, 6) is 0. The monoisotopic (exact) mass is 335 g/mol. The lowest BCUT2D eigenvalue weighted by molar-refractivity contribution is 1.44. The van der Waals surface area contributed by atoms with Crippen LogP contribution in [0.5, 0.6) is 0 Å². The van der Waals surface area contributed by atoms with Crippen molar-refractivity contribution in [3.05, 3.63) is 90.0 Å². The molecule has 0 N–H and O–H groups in total. The van der Waals surface area contributed by atoms with Crippen LogP contribution in [0.15, 0.2) is 83.8 Å². The Morgan fingerprint density at radius 3 is 2.00 bits per heavy atom. The fourth-order valence-electron chi connectivity index (χ4n) is 2.58. The zero-order valence-corrected chi connectivity index (χ0v) is 15.0. The molecular weight excluding hydrogens is 316 g/mol. The Morgan fingerprint density at radius 2 is 1.35 bits per heavy atom. The van der Waals surface area contributed by atoms with Crippen molar-refractivity contribution in [2.75, 3.05) is 12.5 Å². The van der Waals surface area contributed by atoms with Crippen LogP contribution in [0.25, 0.3) is 11.1 Å². The molecule has 0 radical (unpaired) electrons. The molecule has 0 aliphatic rings. The van der Waals surface area contributed by atoms with E-state index in [9.17, 15) is 0 Å². The van der Waals surface area contributed by atoms with E-state index in [1.807, 2.05) is 6.07 Å². The highest BCUT2D eigenvalue weighted by atomic mass is 32.2. The maximum absolute atomic E-state index is 5.79. The molecule has 0 fully saturated rings. The molecule has 0 heterocycles. The van der Waals surface area contributed by atoms with Gasteiger partial charge in [-0.05, 0) is 41.0 Å². The summed E-state index contributed by atoms with van der Waals surface area (Å²) in [6, 6.07) is 27.5. The van der Waals surface area contributed by atoms with Gasteiger partial charge in [-0.25, -0.2) is 0 Å². The van der Waals surface area contributed by atoms with E-state index in [4.69, 9.17) is 12.2 Å². The Bertz CT molecular complexity index is 803. The van der Waals surface area contributed by atoms with Crippen LogP contribution in [0.3, 0.4) is 0 Å². The second-order valence-electron chi connectivity index (χ2n) is 5.58. The van der Waals surface area contributed by atoms with Gasteiger partial charge >= 0.3 is 0 Å². The van der Waals surface area contributed by atoms with E-state index in [1.165, 1.54) is 16.0 Å². The molecule has 23 heavy (non-hydrogen) atoms. The SMILES string of the molecule is C[S+](C)c1ccc(C(=S)c2ccccc2-c2ccccc2)cc1. The first-order valence-electron chi connectivity index (χ1n) is 7.53. The minimum Gasteiger partial charge on any atom is -0.0788 e. The maximum Gasteiger partial charge on any atom is 0.154 e. The number of rotatable bonds is 4. The van der Waals surface area contributed by atoms with E-state index in [0.717, 1.165) is 16.0 Å². The Balaban J connectivity index is 2.00. The Kier molecular flexibility index (Phi) is 4.94. The fraction of sp³-hybridized carbons (Fsp3) is 0.0952. The summed E-state index contributed by atoms with van der Waals surface area (Å²) in [7, 11) is 0.278. The van der Waals surface area contributed by atoms with Gasteiger partial charge in [-0.15, -0.1) is 0 Å². The van der Waals surface area contributed by atoms with Crippen LogP contribution in [-0.2, 0) is 10.9 Å². The second-order valence-corrected chi connectivity index (χ2v) is 8.09. The zero-order valence-electron chi connectivity index (χ0n) is 13.3. The number of hydrogen-bond acceptors (Lipinski definition) is 1. The van der Waals surface area contributed by atoms with Gasteiger partial charge in [0.15, 0.2) is 4.90 Å². The van der Waals surface area contributed by atoms with Gasteiger partial charge in [-0.2, -0.15) is 0 Å². The lowest BCUT2D eigenvalue weighted by Gasteiger charge is -2.11. The van der Waals surface area contributed by atoms with Crippen molar-refractivity contribution in [3.63, 3.8) is 0 Å². The largest absolute Gasteiger partial charge is 0.154 e. The maximum atomic E-state index is 5.79. The molecule has 0 unspecified atom stereocenters. The van der Waals surface area contributed by atoms with Gasteiger partial charge < -0.3 is 0 Å². The third kappa shape index (κ3) is 3.54. The molecule has 3 aromatic carbocycles. The van der Waals surface area contributed by atoms with Gasteiger partial charge in [0.1, 0.15) is 12.5 Å². The summed E-state index contributed by atoms with van der Waals surface area (Å²) in [6.45, 7) is 0. The van der Waals surface area contributed by atoms with E-state index >= 15 is 0 Å². The standard InChI is InChI=1S/C21H19S2/c1-23(2)18-14-12-17(13-15-18)21(22)20-11-7-6-10-19(20)16-8-4-3-5-9-16/h3-15H,1-2H3/q+1. The number of benzene rings is 3. The Labute approximate surface area is 146 Å². The molecule has 0 aliphatic carbocycles. The Morgan fingerprint density at radius 1 is 0.739 bits per heavy atom. The quantitative estimate of drug-likeness (QED) is 0.351. The molecule has 0 bridgehead atoms. The highest BCUT2D eigenvalue weighted by Crippen LogP contribution is 2.26. The van der Waals surface area contributed by atoms with Crippen molar-refractivity contribution < 1.29 is 0 Å². The molecule has 0 aliphatic heterocycles. The van der Waals surface area contributed by atoms with Gasteiger partial charge in [-0.1, -0.05) is 66.8 Å². The fourth-order valence-corrected chi connectivity index (χ4v) is 3.58. The summed E-state index contributed by atoms with van der Waals surface area (Å²) < 4.78 is 0. The van der Waals surface area contributed by atoms with Crippen molar-refractivity contribution in [3.8, 4) is 11.1 Å². The zero-order chi connectivity index (χ0) is 16.2. The third-order valence-corrected chi connectivity index (χ3v) is 5.51. The summed E-state index contributed by atoms with van der Waals surface area (Å²) in [5, 5.41) is 0. The van der Waals surface area contributed by atoms with Gasteiger partial charge in [-0.3, -0.25) is 0 Å². The molecule has 0 saturated carbocycles. The van der Waals surface area contributed by atoms with Crippen LogP contribution in [-0.4, -0.2) is 17.4 Å². The van der Waals surface area contributed by atoms with Crippen LogP contribution in [0.2, 0.25) is 0 Å². The molecule has 3 rings (SSSR count). The number of thiocarbonyl (C=S) groups is 1. The van der Waals surface area contributed by atoms with Crippen molar-refractivity contribution in [1.29, 1.82) is 0 Å². The molecule has 0 spiro atoms. The van der Waals surface area contributed by atoms with Crippen LogP contribution in [0.4, 0.5) is 0 Å². The summed E-state index contributed by atoms with van der Waals surface area (Å²) >= 11 is 5.79. The van der Waals surface area contributed by atoms with Crippen molar-refractivity contribution in [1.82, 2.24) is 0 Å². The Hall–Kier alpha value is -1.90. The summed E-state index contributed by atoms with van der Waals surface area (Å²) in [4.78, 5) is 2.27. The molecular formula is C21H19S2+. The predicted molar refractivity (Wildman–Crippen MR) is 107 cm³/mol. The van der Waals surface area contributed by atoms with Crippen LogP contribution in [0, 0.1) is 0 Å². The molecule has 2 heteroatoms. The van der Waals surface area contributed by atoms with E-state index in [-0.39, 0.29) is 10.9 Å². The molecule has 0 amide bonds. The van der Waals surface area contributed by atoms with E-state index < -0.39 is 0 Å². The van der Waals surface area contributed by atoms with Gasteiger partial charge in [0.2, 0.25) is 0 Å². The lowest BCUT2D eigenvalue weighted by Crippen LogP contribution is -2.03. The lowest BCUT2D eigenvalue weighted by atomic mass is 9.95. The predicted octanol–water partition coefficient (Wildman–Crippen LogP) is 5.36. The smallest absolute Gasteiger partial charge is 0.0788 e. The highest BCUT2D eigenvalue weighted by Gasteiger charge is 2.13. The van der Waals surface area contributed by atoms with E-state index in [2.05, 4.69) is 85.3 Å². The van der Waals surface area contributed by atoms with Gasteiger partial charge in [0.25, 0.3) is 0 Å². The molecule has 0 aromatic heterocycles. The molecule has 0 atom stereocenters. The molecule has 3 aromatic rings. The number of hydrogen-bond donors (Lipinski definition) is 0. The molecule has 0 nitrogen and oxygen atoms in total. The minimum atomic E-state index is 0.278. The minimum absolute atomic E-state index is 0.278. The summed E-state index contributed by atoms with van der Waals surface area (Å²) in [6.07, 6.45) is 4.47. The normalized spacial score (nSPS) is 10.7. The average molecular weight is 336 g/mol. The molecule has 114 valence electrons. The van der Waals surface area contributed by atoms with Crippen LogP contribution < -0.4 is 0 Å².